The van der Waals surface area contributed by atoms with Gasteiger partial charge in [-0.2, -0.15) is 0 Å². The van der Waals surface area contributed by atoms with Gasteiger partial charge in [-0.05, 0) is 13.0 Å². The number of hydrogen-bond acceptors (Lipinski definition) is 9. The number of rotatable bonds is 2. The summed E-state index contributed by atoms with van der Waals surface area (Å²) in [6, 6.07) is 4.37. The van der Waals surface area contributed by atoms with Crippen LogP contribution in [-0.4, -0.2) is 52.2 Å². The molecule has 1 spiro atoms. The molecule has 1 aliphatic carbocycles. The number of Topliss-reactive ketones (excluding diaryl/α,β-unsaturated/α-hetero) is 1. The van der Waals surface area contributed by atoms with Crippen LogP contribution < -0.4 is 4.74 Å². The fourth-order valence-electron chi connectivity index (χ4n) is 4.67. The summed E-state index contributed by atoms with van der Waals surface area (Å²) < 4.78 is 22.0. The largest absolute Gasteiger partial charge is 0.454 e. The van der Waals surface area contributed by atoms with Crippen LogP contribution in [0.2, 0.25) is 0 Å². The minimum Gasteiger partial charge on any atom is -0.454 e. The van der Waals surface area contributed by atoms with Crippen molar-refractivity contribution in [2.24, 2.45) is 0 Å². The normalized spacial score (nSPS) is 35.1. The Morgan fingerprint density at radius 2 is 1.93 bits per heavy atom. The Kier molecular flexibility index (Phi) is 4.29. The highest BCUT2D eigenvalue weighted by molar-refractivity contribution is 6.08. The summed E-state index contributed by atoms with van der Waals surface area (Å²) >= 11 is 0. The summed E-state index contributed by atoms with van der Waals surface area (Å²) in [4.78, 5) is 49.3. The van der Waals surface area contributed by atoms with Crippen molar-refractivity contribution in [3.05, 3.63) is 29.3 Å². The van der Waals surface area contributed by atoms with E-state index in [0.29, 0.717) is 0 Å². The van der Waals surface area contributed by atoms with Gasteiger partial charge in [-0.3, -0.25) is 19.2 Å². The SMILES string of the molecule is CC(=O)Oc1cccc2c1[C@H](OC(C)=O)[C@@]1(O)[C@H](C)O[C@H]3CC(=O)O[C@@]1(C3)C2=O. The number of hydrogen-bond donors (Lipinski definition) is 1. The Labute approximate surface area is 165 Å². The van der Waals surface area contributed by atoms with Gasteiger partial charge in [0.25, 0.3) is 0 Å². The second-order valence-corrected chi connectivity index (χ2v) is 7.56. The van der Waals surface area contributed by atoms with E-state index >= 15 is 0 Å². The van der Waals surface area contributed by atoms with E-state index in [1.807, 2.05) is 0 Å². The lowest BCUT2D eigenvalue weighted by atomic mass is 9.59. The molecule has 4 rings (SSSR count). The van der Waals surface area contributed by atoms with Crippen LogP contribution in [-0.2, 0) is 28.6 Å². The van der Waals surface area contributed by atoms with Crippen molar-refractivity contribution in [1.29, 1.82) is 0 Å². The van der Waals surface area contributed by atoms with Crippen molar-refractivity contribution in [3.63, 3.8) is 0 Å². The highest BCUT2D eigenvalue weighted by atomic mass is 16.6. The summed E-state index contributed by atoms with van der Waals surface area (Å²) in [6.45, 7) is 3.84. The molecule has 2 saturated heterocycles. The fraction of sp³-hybridized carbons (Fsp3) is 0.500. The Morgan fingerprint density at radius 3 is 2.59 bits per heavy atom. The number of carbonyl (C=O) groups is 4. The van der Waals surface area contributed by atoms with Gasteiger partial charge in [-0.25, -0.2) is 0 Å². The second-order valence-electron chi connectivity index (χ2n) is 7.56. The molecule has 2 fully saturated rings. The van der Waals surface area contributed by atoms with Crippen molar-refractivity contribution in [2.75, 3.05) is 0 Å². The third-order valence-electron chi connectivity index (χ3n) is 5.74. The lowest BCUT2D eigenvalue weighted by molar-refractivity contribution is -0.306. The van der Waals surface area contributed by atoms with Gasteiger partial charge in [-0.1, -0.05) is 12.1 Å². The van der Waals surface area contributed by atoms with Gasteiger partial charge in [0.15, 0.2) is 11.7 Å². The molecule has 0 unspecified atom stereocenters. The molecule has 0 radical (unpaired) electrons. The molecule has 29 heavy (non-hydrogen) atoms. The Bertz CT molecular complexity index is 938. The van der Waals surface area contributed by atoms with E-state index in [1.165, 1.54) is 32.0 Å². The van der Waals surface area contributed by atoms with Crippen LogP contribution in [0, 0.1) is 0 Å². The van der Waals surface area contributed by atoms with E-state index < -0.39 is 53.2 Å². The molecule has 1 aromatic carbocycles. The Balaban J connectivity index is 2.01. The number of aliphatic hydroxyl groups is 1. The third kappa shape index (κ3) is 2.61. The number of carbonyl (C=O) groups excluding carboxylic acids is 4. The zero-order valence-corrected chi connectivity index (χ0v) is 16.1. The summed E-state index contributed by atoms with van der Waals surface area (Å²) in [5.41, 5.74) is -4.12. The van der Waals surface area contributed by atoms with Crippen LogP contribution in [0.4, 0.5) is 0 Å². The molecule has 3 aliphatic rings. The number of benzene rings is 1. The number of ether oxygens (including phenoxy) is 4. The molecule has 1 aromatic rings. The zero-order chi connectivity index (χ0) is 21.1. The summed E-state index contributed by atoms with van der Waals surface area (Å²) in [7, 11) is 0. The predicted octanol–water partition coefficient (Wildman–Crippen LogP) is 1.01. The molecule has 5 atom stereocenters. The van der Waals surface area contributed by atoms with Crippen LogP contribution in [0.1, 0.15) is 55.6 Å². The lowest BCUT2D eigenvalue weighted by Gasteiger charge is -2.59. The minimum absolute atomic E-state index is 0.0330. The number of fused-ring (bicyclic) bond motifs is 2. The first-order chi connectivity index (χ1) is 13.6. The van der Waals surface area contributed by atoms with E-state index in [4.69, 9.17) is 18.9 Å². The van der Waals surface area contributed by atoms with E-state index in [9.17, 15) is 24.3 Å². The molecule has 0 saturated carbocycles. The highest BCUT2D eigenvalue weighted by Crippen LogP contribution is 2.57. The average molecular weight is 404 g/mol. The van der Waals surface area contributed by atoms with Crippen LogP contribution >= 0.6 is 0 Å². The van der Waals surface area contributed by atoms with Crippen molar-refractivity contribution in [2.45, 2.75) is 63.1 Å². The smallest absolute Gasteiger partial charge is 0.309 e. The van der Waals surface area contributed by atoms with Crippen molar-refractivity contribution in [1.82, 2.24) is 0 Å². The molecule has 9 nitrogen and oxygen atoms in total. The minimum atomic E-state index is -2.22. The summed E-state index contributed by atoms with van der Waals surface area (Å²) in [5.74, 6) is -2.78. The number of ketones is 1. The topological polar surface area (TPSA) is 125 Å². The van der Waals surface area contributed by atoms with Crippen LogP contribution in [0.25, 0.3) is 0 Å². The van der Waals surface area contributed by atoms with E-state index in [-0.39, 0.29) is 29.7 Å². The van der Waals surface area contributed by atoms with E-state index in [2.05, 4.69) is 0 Å². The van der Waals surface area contributed by atoms with Gasteiger partial charge in [0.05, 0.1) is 18.6 Å². The molecule has 2 bridgehead atoms. The maximum atomic E-state index is 13.6. The van der Waals surface area contributed by atoms with Gasteiger partial charge in [0.2, 0.25) is 11.4 Å². The zero-order valence-electron chi connectivity index (χ0n) is 16.1. The molecule has 9 heteroatoms. The first kappa shape index (κ1) is 19.5. The monoisotopic (exact) mass is 404 g/mol. The second kappa shape index (κ2) is 6.36. The van der Waals surface area contributed by atoms with E-state index in [1.54, 1.807) is 0 Å². The Morgan fingerprint density at radius 1 is 1.21 bits per heavy atom. The molecule has 2 aliphatic heterocycles. The molecule has 0 amide bonds. The van der Waals surface area contributed by atoms with Gasteiger partial charge in [0.1, 0.15) is 5.75 Å². The molecule has 0 aromatic heterocycles. The maximum Gasteiger partial charge on any atom is 0.309 e. The standard InChI is InChI=1S/C20H20O9/c1-9-20(25)18(28-11(3)22)16-13(5-4-6-14(16)27-10(2)21)17(24)19(20)8-12(26-9)7-15(23)29-19/h4-6,9,12,18,25H,7-8H2,1-3H3/t9-,12-,18-,19-,20-/m0/s1. The van der Waals surface area contributed by atoms with E-state index in [0.717, 1.165) is 6.92 Å². The number of esters is 3. The van der Waals surface area contributed by atoms with Crippen LogP contribution in [0.3, 0.4) is 0 Å². The Hall–Kier alpha value is -2.78. The fourth-order valence-corrected chi connectivity index (χ4v) is 4.67. The van der Waals surface area contributed by atoms with Crippen molar-refractivity contribution in [3.8, 4) is 5.75 Å². The average Bonchev–Trinajstić information content (AvgIpc) is 2.61. The molecular formula is C20H20O9. The molecule has 1 N–H and O–H groups in total. The van der Waals surface area contributed by atoms with Crippen LogP contribution in [0.5, 0.6) is 5.75 Å². The molecule has 2 heterocycles. The quantitative estimate of drug-likeness (QED) is 0.568. The van der Waals surface area contributed by atoms with Crippen molar-refractivity contribution < 1.29 is 43.2 Å². The van der Waals surface area contributed by atoms with Gasteiger partial charge in [0, 0.05) is 31.4 Å². The first-order valence-corrected chi connectivity index (χ1v) is 9.23. The lowest BCUT2D eigenvalue weighted by Crippen LogP contribution is -2.77. The van der Waals surface area contributed by atoms with Gasteiger partial charge >= 0.3 is 17.9 Å². The van der Waals surface area contributed by atoms with Gasteiger partial charge < -0.3 is 24.1 Å². The van der Waals surface area contributed by atoms with Gasteiger partial charge in [-0.15, -0.1) is 0 Å². The van der Waals surface area contributed by atoms with Crippen LogP contribution in [0.15, 0.2) is 18.2 Å². The molecule has 154 valence electrons. The summed E-state index contributed by atoms with van der Waals surface area (Å²) in [6.07, 6.45) is -3.24. The first-order valence-electron chi connectivity index (χ1n) is 9.23. The highest BCUT2D eigenvalue weighted by Gasteiger charge is 2.74. The third-order valence-corrected chi connectivity index (χ3v) is 5.74. The predicted molar refractivity (Wildman–Crippen MR) is 93.9 cm³/mol. The summed E-state index contributed by atoms with van der Waals surface area (Å²) in [5, 5.41) is 11.8. The van der Waals surface area contributed by atoms with Crippen molar-refractivity contribution >= 4 is 23.7 Å². The molecular weight excluding hydrogens is 384 g/mol. The maximum absolute atomic E-state index is 13.6.